The maximum absolute atomic E-state index is 14.5. The molecule has 0 bridgehead atoms. The van der Waals surface area contributed by atoms with Crippen molar-refractivity contribution < 1.29 is 13.5 Å². The molecule has 3 saturated carbocycles. The largest absolute Gasteiger partial charge is 0.379 e. The van der Waals surface area contributed by atoms with Gasteiger partial charge in [0.2, 0.25) is 0 Å². The molecular weight excluding hydrogens is 354 g/mol. The van der Waals surface area contributed by atoms with Gasteiger partial charge in [-0.2, -0.15) is 0 Å². The SMILES string of the molecule is CCOC1CCC(C2CCC3CC(c4ccc(C)c(F)c4F)CCC3C2)CC1. The lowest BCUT2D eigenvalue weighted by molar-refractivity contribution is 0.00578. The minimum Gasteiger partial charge on any atom is -0.379 e. The minimum atomic E-state index is -0.647. The molecule has 4 atom stereocenters. The van der Waals surface area contributed by atoms with Crippen LogP contribution in [0.2, 0.25) is 0 Å². The molecule has 0 radical (unpaired) electrons. The predicted molar refractivity (Wildman–Crippen MR) is 109 cm³/mol. The Morgan fingerprint density at radius 1 is 0.786 bits per heavy atom. The Labute approximate surface area is 169 Å². The second kappa shape index (κ2) is 8.81. The summed E-state index contributed by atoms with van der Waals surface area (Å²) in [6.07, 6.45) is 12.9. The van der Waals surface area contributed by atoms with E-state index in [0.717, 1.165) is 37.2 Å². The van der Waals surface area contributed by atoms with Gasteiger partial charge in [-0.05, 0) is 119 Å². The quantitative estimate of drug-likeness (QED) is 0.529. The lowest BCUT2D eigenvalue weighted by Crippen LogP contribution is -2.35. The standard InChI is InChI=1S/C25H36F2O/c1-3-28-22-11-9-17(10-12-22)18-5-6-20-15-21(8-7-19(20)14-18)23-13-4-16(2)24(26)25(23)27/h4,13,17-22H,3,5-12,14-15H2,1-2H3. The van der Waals surface area contributed by atoms with Crippen molar-refractivity contribution in [2.24, 2.45) is 23.7 Å². The summed E-state index contributed by atoms with van der Waals surface area (Å²) < 4.78 is 34.3. The van der Waals surface area contributed by atoms with Crippen LogP contribution in [0.5, 0.6) is 0 Å². The van der Waals surface area contributed by atoms with E-state index in [9.17, 15) is 8.78 Å². The Morgan fingerprint density at radius 3 is 2.11 bits per heavy atom. The van der Waals surface area contributed by atoms with E-state index in [1.807, 2.05) is 6.07 Å². The molecule has 1 nitrogen and oxygen atoms in total. The molecule has 4 rings (SSSR count). The van der Waals surface area contributed by atoms with Gasteiger partial charge >= 0.3 is 0 Å². The van der Waals surface area contributed by atoms with E-state index in [4.69, 9.17) is 4.74 Å². The van der Waals surface area contributed by atoms with E-state index >= 15 is 0 Å². The zero-order valence-electron chi connectivity index (χ0n) is 17.6. The van der Waals surface area contributed by atoms with Crippen LogP contribution in [0.1, 0.15) is 88.2 Å². The first-order valence-electron chi connectivity index (χ1n) is 11.6. The van der Waals surface area contributed by atoms with Crippen LogP contribution in [0.4, 0.5) is 8.78 Å². The Bertz CT molecular complexity index is 665. The summed E-state index contributed by atoms with van der Waals surface area (Å²) in [5.74, 6) is 2.24. The van der Waals surface area contributed by atoms with Gasteiger partial charge in [-0.3, -0.25) is 0 Å². The molecule has 3 heteroatoms. The lowest BCUT2D eigenvalue weighted by Gasteiger charge is -2.45. The molecule has 3 aliphatic rings. The summed E-state index contributed by atoms with van der Waals surface area (Å²) in [4.78, 5) is 0. The molecule has 3 fully saturated rings. The third-order valence-electron chi connectivity index (χ3n) is 8.19. The zero-order valence-corrected chi connectivity index (χ0v) is 17.6. The van der Waals surface area contributed by atoms with E-state index in [-0.39, 0.29) is 5.92 Å². The number of hydrogen-bond acceptors (Lipinski definition) is 1. The number of hydrogen-bond donors (Lipinski definition) is 0. The van der Waals surface area contributed by atoms with Crippen LogP contribution in [0.25, 0.3) is 0 Å². The second-order valence-corrected chi connectivity index (χ2v) is 9.70. The van der Waals surface area contributed by atoms with E-state index < -0.39 is 11.6 Å². The van der Waals surface area contributed by atoms with Crippen LogP contribution in [0.3, 0.4) is 0 Å². The summed E-state index contributed by atoms with van der Waals surface area (Å²) in [7, 11) is 0. The van der Waals surface area contributed by atoms with E-state index in [1.54, 1.807) is 13.0 Å². The molecule has 0 aromatic heterocycles. The molecule has 1 aromatic carbocycles. The van der Waals surface area contributed by atoms with Crippen molar-refractivity contribution >= 4 is 0 Å². The Balaban J connectivity index is 1.33. The molecule has 1 aromatic rings. The Morgan fingerprint density at radius 2 is 1.39 bits per heavy atom. The van der Waals surface area contributed by atoms with Crippen LogP contribution in [-0.4, -0.2) is 12.7 Å². The van der Waals surface area contributed by atoms with Crippen LogP contribution < -0.4 is 0 Å². The maximum Gasteiger partial charge on any atom is 0.162 e. The summed E-state index contributed by atoms with van der Waals surface area (Å²) in [6.45, 7) is 4.58. The van der Waals surface area contributed by atoms with Gasteiger partial charge in [0, 0.05) is 6.61 Å². The topological polar surface area (TPSA) is 9.23 Å². The van der Waals surface area contributed by atoms with Crippen molar-refractivity contribution in [1.29, 1.82) is 0 Å². The average Bonchev–Trinajstić information content (AvgIpc) is 2.72. The zero-order chi connectivity index (χ0) is 19.7. The fourth-order valence-electron chi connectivity index (χ4n) is 6.57. The number of aryl methyl sites for hydroxylation is 1. The third-order valence-corrected chi connectivity index (χ3v) is 8.19. The van der Waals surface area contributed by atoms with E-state index in [1.165, 1.54) is 51.4 Å². The fraction of sp³-hybridized carbons (Fsp3) is 0.760. The number of benzene rings is 1. The van der Waals surface area contributed by atoms with Crippen molar-refractivity contribution in [1.82, 2.24) is 0 Å². The van der Waals surface area contributed by atoms with E-state index in [2.05, 4.69) is 6.92 Å². The summed E-state index contributed by atoms with van der Waals surface area (Å²) in [5, 5.41) is 0. The molecule has 28 heavy (non-hydrogen) atoms. The van der Waals surface area contributed by atoms with Gasteiger partial charge in [-0.15, -0.1) is 0 Å². The summed E-state index contributed by atoms with van der Waals surface area (Å²) >= 11 is 0. The van der Waals surface area contributed by atoms with Gasteiger partial charge in [0.15, 0.2) is 11.6 Å². The molecule has 0 aliphatic heterocycles. The summed E-state index contributed by atoms with van der Waals surface area (Å²) in [5.41, 5.74) is 1.03. The van der Waals surface area contributed by atoms with Crippen molar-refractivity contribution in [3.8, 4) is 0 Å². The van der Waals surface area contributed by atoms with Gasteiger partial charge in [0.1, 0.15) is 0 Å². The van der Waals surface area contributed by atoms with E-state index in [0.29, 0.717) is 23.1 Å². The van der Waals surface area contributed by atoms with Crippen LogP contribution in [0.15, 0.2) is 12.1 Å². The van der Waals surface area contributed by atoms with Crippen molar-refractivity contribution in [2.75, 3.05) is 6.61 Å². The van der Waals surface area contributed by atoms with Gasteiger partial charge in [0.25, 0.3) is 0 Å². The maximum atomic E-state index is 14.5. The molecular formula is C25H36F2O. The third kappa shape index (κ3) is 4.15. The number of halogens is 2. The first-order valence-corrected chi connectivity index (χ1v) is 11.6. The lowest BCUT2D eigenvalue weighted by atomic mass is 9.60. The molecule has 0 amide bonds. The highest BCUT2D eigenvalue weighted by Crippen LogP contribution is 2.51. The Hall–Kier alpha value is -0.960. The molecule has 4 unspecified atom stereocenters. The highest BCUT2D eigenvalue weighted by Gasteiger charge is 2.39. The van der Waals surface area contributed by atoms with Gasteiger partial charge in [0.05, 0.1) is 6.10 Å². The highest BCUT2D eigenvalue weighted by atomic mass is 19.2. The monoisotopic (exact) mass is 390 g/mol. The van der Waals surface area contributed by atoms with Crippen molar-refractivity contribution in [3.63, 3.8) is 0 Å². The van der Waals surface area contributed by atoms with Crippen molar-refractivity contribution in [3.05, 3.63) is 34.9 Å². The normalized spacial score (nSPS) is 36.1. The number of ether oxygens (including phenoxy) is 1. The molecule has 0 heterocycles. The first kappa shape index (κ1) is 20.3. The van der Waals surface area contributed by atoms with Gasteiger partial charge in [-0.1, -0.05) is 12.1 Å². The molecule has 156 valence electrons. The Kier molecular flexibility index (Phi) is 6.40. The second-order valence-electron chi connectivity index (χ2n) is 9.70. The average molecular weight is 391 g/mol. The molecule has 3 aliphatic carbocycles. The molecule has 0 saturated heterocycles. The first-order chi connectivity index (χ1) is 13.6. The van der Waals surface area contributed by atoms with Crippen LogP contribution >= 0.6 is 0 Å². The summed E-state index contributed by atoms with van der Waals surface area (Å²) in [6, 6.07) is 3.58. The predicted octanol–water partition coefficient (Wildman–Crippen LogP) is 7.17. The minimum absolute atomic E-state index is 0.203. The van der Waals surface area contributed by atoms with Crippen molar-refractivity contribution in [2.45, 2.75) is 90.1 Å². The van der Waals surface area contributed by atoms with Crippen LogP contribution in [0, 0.1) is 42.2 Å². The smallest absolute Gasteiger partial charge is 0.162 e. The highest BCUT2D eigenvalue weighted by molar-refractivity contribution is 5.28. The molecule has 0 N–H and O–H groups in total. The van der Waals surface area contributed by atoms with Gasteiger partial charge in [-0.25, -0.2) is 8.78 Å². The molecule has 0 spiro atoms. The fourth-order valence-corrected chi connectivity index (χ4v) is 6.57. The van der Waals surface area contributed by atoms with Gasteiger partial charge < -0.3 is 4.74 Å². The number of rotatable bonds is 4. The number of fused-ring (bicyclic) bond motifs is 1. The van der Waals surface area contributed by atoms with Crippen LogP contribution in [-0.2, 0) is 4.74 Å².